The van der Waals surface area contributed by atoms with Gasteiger partial charge >= 0.3 is 5.97 Å². The summed E-state index contributed by atoms with van der Waals surface area (Å²) in [5.74, 6) is -1.55. The van der Waals surface area contributed by atoms with Gasteiger partial charge in [0.1, 0.15) is 0 Å². The van der Waals surface area contributed by atoms with Crippen molar-refractivity contribution in [3.8, 4) is 0 Å². The maximum atomic E-state index is 12.5. The third kappa shape index (κ3) is 2.84. The molecule has 5 heteroatoms. The highest BCUT2D eigenvalue weighted by atomic mass is 79.9. The number of anilines is 1. The quantitative estimate of drug-likeness (QED) is 0.778. The second-order valence-electron chi connectivity index (χ2n) is 3.17. The number of nitrogens with zero attached hydrogens (tertiary/aromatic N) is 2. The van der Waals surface area contributed by atoms with E-state index in [1.807, 2.05) is 0 Å². The van der Waals surface area contributed by atoms with E-state index in [1.165, 1.54) is 6.07 Å². The Hall–Kier alpha value is -1.07. The lowest BCUT2D eigenvalue weighted by atomic mass is 10.1. The molecule has 0 unspecified atom stereocenters. The van der Waals surface area contributed by atoms with E-state index in [2.05, 4.69) is 20.7 Å². The van der Waals surface area contributed by atoms with Gasteiger partial charge in [0.25, 0.3) is 0 Å². The van der Waals surface area contributed by atoms with Gasteiger partial charge in [-0.1, -0.05) is 15.9 Å². The minimum atomic E-state index is -3.66. The highest BCUT2D eigenvalue weighted by molar-refractivity contribution is 9.10. The molecule has 4 nitrogen and oxygen atoms in total. The summed E-state index contributed by atoms with van der Waals surface area (Å²) >= 11 is 3.02. The SMILES string of the molecule is [2H]C([2H])([2H])OC(=O)c1cc(Br)ccc1N1C([2H])([2H])C([2H])([2H])N(C([2H])([2H])[2H])C([2H])([2H])C1([2H])[2H]. The van der Waals surface area contributed by atoms with Crippen LogP contribution in [0.15, 0.2) is 22.7 Å². The normalized spacial score (nSPS) is 40.8. The molecule has 0 spiro atoms. The van der Waals surface area contributed by atoms with Crippen molar-refractivity contribution < 1.29 is 28.7 Å². The fraction of sp³-hybridized carbons (Fsp3) is 0.462. The third-order valence-corrected chi connectivity index (χ3v) is 2.55. The highest BCUT2D eigenvalue weighted by Crippen LogP contribution is 2.26. The summed E-state index contributed by atoms with van der Waals surface area (Å²) in [4.78, 5) is 11.9. The molecule has 1 heterocycles. The van der Waals surface area contributed by atoms with E-state index in [0.717, 1.165) is 12.1 Å². The molecule has 1 aromatic carbocycles. The lowest BCUT2D eigenvalue weighted by Gasteiger charge is -2.34. The van der Waals surface area contributed by atoms with Crippen molar-refractivity contribution in [2.75, 3.05) is 44.9 Å². The zero-order valence-electron chi connectivity index (χ0n) is 22.8. The summed E-state index contributed by atoms with van der Waals surface area (Å²) < 4.78 is 114. The summed E-state index contributed by atoms with van der Waals surface area (Å²) in [7, 11) is -3.22. The van der Waals surface area contributed by atoms with Gasteiger partial charge in [0, 0.05) is 40.1 Å². The molecule has 1 aliphatic rings. The molecule has 0 aromatic heterocycles. The number of hydrogen-bond donors (Lipinski definition) is 0. The number of carbonyl (C=O) groups excluding carboxylic acids is 1. The molecule has 1 aliphatic heterocycles. The van der Waals surface area contributed by atoms with E-state index < -0.39 is 62.1 Å². The predicted octanol–water partition coefficient (Wildman–Crippen LogP) is 1.99. The van der Waals surface area contributed by atoms with Crippen LogP contribution in [0.1, 0.15) is 29.5 Å². The van der Waals surface area contributed by atoms with Crippen LogP contribution in [0.5, 0.6) is 0 Å². The molecule has 1 saturated heterocycles. The Balaban J connectivity index is 2.85. The summed E-state index contributed by atoms with van der Waals surface area (Å²) in [6, 6.07) is 3.07. The Morgan fingerprint density at radius 1 is 1.44 bits per heavy atom. The van der Waals surface area contributed by atoms with Crippen molar-refractivity contribution in [2.45, 2.75) is 0 Å². The lowest BCUT2D eigenvalue weighted by molar-refractivity contribution is 0.0601. The van der Waals surface area contributed by atoms with E-state index in [4.69, 9.17) is 19.2 Å². The largest absolute Gasteiger partial charge is 0.465 e. The monoisotopic (exact) mass is 326 g/mol. The maximum absolute atomic E-state index is 12.5. The number of esters is 1. The molecule has 98 valence electrons. The fourth-order valence-electron chi connectivity index (χ4n) is 1.30. The van der Waals surface area contributed by atoms with Gasteiger partial charge in [-0.25, -0.2) is 4.79 Å². The van der Waals surface area contributed by atoms with Crippen LogP contribution in [-0.2, 0) is 4.74 Å². The van der Waals surface area contributed by atoms with Crippen LogP contribution < -0.4 is 4.90 Å². The number of carbonyl (C=O) groups is 1. The third-order valence-electron chi connectivity index (χ3n) is 2.06. The number of likely N-dealkylation sites (N-methyl/N-ethyl adjacent to an activating group) is 1. The summed E-state index contributed by atoms with van der Waals surface area (Å²) in [6.07, 6.45) is 0. The van der Waals surface area contributed by atoms with Crippen LogP contribution in [-0.4, -0.2) is 50.9 Å². The molecule has 0 amide bonds. The van der Waals surface area contributed by atoms with Gasteiger partial charge < -0.3 is 14.5 Å². The van der Waals surface area contributed by atoms with Gasteiger partial charge in [0.05, 0.1) is 27.9 Å². The summed E-state index contributed by atoms with van der Waals surface area (Å²) in [5.41, 5.74) is -1.48. The van der Waals surface area contributed by atoms with Crippen molar-refractivity contribution >= 4 is 27.6 Å². The molecule has 2 rings (SSSR count). The molecule has 1 aromatic rings. The van der Waals surface area contributed by atoms with Crippen LogP contribution in [0.3, 0.4) is 0 Å². The van der Waals surface area contributed by atoms with Crippen molar-refractivity contribution in [3.05, 3.63) is 28.2 Å². The molecule has 0 radical (unpaired) electrons. The lowest BCUT2D eigenvalue weighted by Crippen LogP contribution is -2.45. The Morgan fingerprint density at radius 3 is 2.89 bits per heavy atom. The molecular formula is C13H17BrN2O2. The zero-order valence-corrected chi connectivity index (χ0v) is 10.4. The summed E-state index contributed by atoms with van der Waals surface area (Å²) in [6.45, 7) is -18.1. The Bertz CT molecular complexity index is 885. The molecule has 1 fully saturated rings. The second-order valence-corrected chi connectivity index (χ2v) is 4.08. The first-order chi connectivity index (χ1) is 14.0. The number of rotatable bonds is 2. The van der Waals surface area contributed by atoms with Gasteiger partial charge in [-0.15, -0.1) is 0 Å². The van der Waals surface area contributed by atoms with Crippen LogP contribution in [0.2, 0.25) is 0 Å². The molecular weight excluding hydrogens is 296 g/mol. The number of ether oxygens (including phenoxy) is 1. The van der Waals surface area contributed by atoms with Crippen molar-refractivity contribution in [2.24, 2.45) is 0 Å². The number of benzene rings is 1. The standard InChI is InChI=1S/C13H17BrN2O2/c1-15-5-7-16(8-6-15)12-4-3-10(14)9-11(12)13(17)18-2/h3-4,9H,5-8H2,1-2H3/i1D3,2D3,5D2,6D2,7D2,8D2. The van der Waals surface area contributed by atoms with Gasteiger partial charge in [-0.05, 0) is 25.2 Å². The minimum absolute atomic E-state index is 0.0508. The fourth-order valence-corrected chi connectivity index (χ4v) is 1.66. The van der Waals surface area contributed by atoms with Crippen molar-refractivity contribution in [3.63, 3.8) is 0 Å². The molecule has 18 heavy (non-hydrogen) atoms. The smallest absolute Gasteiger partial charge is 0.340 e. The van der Waals surface area contributed by atoms with Gasteiger partial charge in [0.15, 0.2) is 0 Å². The van der Waals surface area contributed by atoms with Crippen LogP contribution >= 0.6 is 15.9 Å². The molecule has 0 N–H and O–H groups in total. The van der Waals surface area contributed by atoms with Gasteiger partial charge in [-0.2, -0.15) is 0 Å². The van der Waals surface area contributed by atoms with Gasteiger partial charge in [-0.3, -0.25) is 0 Å². The van der Waals surface area contributed by atoms with Crippen LogP contribution in [0.25, 0.3) is 0 Å². The Morgan fingerprint density at radius 2 is 2.22 bits per heavy atom. The first-order valence-electron chi connectivity index (χ1n) is 11.6. The second kappa shape index (κ2) is 5.71. The van der Waals surface area contributed by atoms with E-state index in [9.17, 15) is 4.79 Å². The van der Waals surface area contributed by atoms with Crippen molar-refractivity contribution in [1.82, 2.24) is 4.90 Å². The zero-order chi connectivity index (χ0) is 25.3. The number of methoxy groups -OCH3 is 1. The topological polar surface area (TPSA) is 32.8 Å². The van der Waals surface area contributed by atoms with E-state index in [1.54, 1.807) is 0 Å². The van der Waals surface area contributed by atoms with E-state index >= 15 is 0 Å². The summed E-state index contributed by atoms with van der Waals surface area (Å²) in [5, 5.41) is 0. The average molecular weight is 327 g/mol. The average Bonchev–Trinajstić information content (AvgIpc) is 2.50. The van der Waals surface area contributed by atoms with Crippen LogP contribution in [0.4, 0.5) is 5.69 Å². The number of hydrogen-bond acceptors (Lipinski definition) is 4. The Kier molecular flexibility index (Phi) is 1.34. The van der Waals surface area contributed by atoms with Crippen LogP contribution in [0, 0.1) is 0 Å². The van der Waals surface area contributed by atoms with Gasteiger partial charge in [0.2, 0.25) is 0 Å². The van der Waals surface area contributed by atoms with E-state index in [0.29, 0.717) is 0 Å². The minimum Gasteiger partial charge on any atom is -0.465 e. The molecule has 0 bridgehead atoms. The maximum Gasteiger partial charge on any atom is 0.340 e. The molecule has 0 saturated carbocycles. The Labute approximate surface area is 135 Å². The van der Waals surface area contributed by atoms with E-state index in [-0.39, 0.29) is 9.37 Å². The van der Waals surface area contributed by atoms with Crippen molar-refractivity contribution in [1.29, 1.82) is 0 Å². The molecule has 0 atom stereocenters. The first kappa shape index (κ1) is 4.21. The predicted molar refractivity (Wildman–Crippen MR) is 75.2 cm³/mol. The highest BCUT2D eigenvalue weighted by Gasteiger charge is 2.20. The number of piperazine rings is 1. The number of halogens is 1. The first-order valence-corrected chi connectivity index (χ1v) is 5.42. The molecule has 0 aliphatic carbocycles.